The van der Waals surface area contributed by atoms with Gasteiger partial charge in [0.15, 0.2) is 0 Å². The summed E-state index contributed by atoms with van der Waals surface area (Å²) >= 11 is 0. The molecule has 26 heavy (non-hydrogen) atoms. The Kier molecular flexibility index (Phi) is 5.96. The average molecular weight is 353 g/mol. The summed E-state index contributed by atoms with van der Waals surface area (Å²) in [5, 5.41) is 5.72. The van der Waals surface area contributed by atoms with Gasteiger partial charge >= 0.3 is 0 Å². The number of rotatable bonds is 6. The van der Waals surface area contributed by atoms with Crippen LogP contribution in [0, 0.1) is 0 Å². The van der Waals surface area contributed by atoms with Crippen LogP contribution in [0.2, 0.25) is 0 Å². The standard InChI is InChI=1S/C20H23N3O3/c1-14(15-7-3-2-4-8-15)22-20(25)18-11-5-10-17(23-18)19(24)21-13-16-9-6-12-26-16/h2-5,7-8,10-11,14,16H,6,9,12-13H2,1H3,(H,21,24)(H,22,25). The van der Waals surface area contributed by atoms with Crippen LogP contribution in [0.3, 0.4) is 0 Å². The van der Waals surface area contributed by atoms with Gasteiger partial charge in [-0.2, -0.15) is 0 Å². The zero-order valence-corrected chi connectivity index (χ0v) is 14.8. The van der Waals surface area contributed by atoms with Gasteiger partial charge < -0.3 is 15.4 Å². The third-order valence-electron chi connectivity index (χ3n) is 4.38. The second kappa shape index (κ2) is 8.58. The van der Waals surface area contributed by atoms with Crippen molar-refractivity contribution >= 4 is 11.8 Å². The van der Waals surface area contributed by atoms with E-state index < -0.39 is 0 Å². The van der Waals surface area contributed by atoms with E-state index in [0.29, 0.717) is 6.54 Å². The highest BCUT2D eigenvalue weighted by molar-refractivity contribution is 5.96. The van der Waals surface area contributed by atoms with Gasteiger partial charge in [0.1, 0.15) is 11.4 Å². The van der Waals surface area contributed by atoms with Crippen molar-refractivity contribution in [3.63, 3.8) is 0 Å². The molecule has 1 fully saturated rings. The number of hydrogen-bond acceptors (Lipinski definition) is 4. The van der Waals surface area contributed by atoms with Crippen LogP contribution in [-0.2, 0) is 4.74 Å². The molecule has 2 aromatic rings. The number of amides is 2. The highest BCUT2D eigenvalue weighted by atomic mass is 16.5. The van der Waals surface area contributed by atoms with E-state index >= 15 is 0 Å². The van der Waals surface area contributed by atoms with Gasteiger partial charge in [-0.1, -0.05) is 36.4 Å². The third-order valence-corrected chi connectivity index (χ3v) is 4.38. The molecule has 3 rings (SSSR count). The van der Waals surface area contributed by atoms with Crippen LogP contribution in [0.5, 0.6) is 0 Å². The molecule has 0 bridgehead atoms. The Morgan fingerprint density at radius 3 is 2.54 bits per heavy atom. The van der Waals surface area contributed by atoms with Crippen LogP contribution in [0.4, 0.5) is 0 Å². The minimum atomic E-state index is -0.310. The number of aromatic nitrogens is 1. The van der Waals surface area contributed by atoms with Gasteiger partial charge in [0.2, 0.25) is 0 Å². The van der Waals surface area contributed by atoms with E-state index in [9.17, 15) is 9.59 Å². The van der Waals surface area contributed by atoms with E-state index in [1.54, 1.807) is 18.2 Å². The smallest absolute Gasteiger partial charge is 0.270 e. The molecule has 0 spiro atoms. The summed E-state index contributed by atoms with van der Waals surface area (Å²) < 4.78 is 5.49. The van der Waals surface area contributed by atoms with Gasteiger partial charge in [0, 0.05) is 13.2 Å². The fourth-order valence-corrected chi connectivity index (χ4v) is 2.89. The fourth-order valence-electron chi connectivity index (χ4n) is 2.89. The second-order valence-corrected chi connectivity index (χ2v) is 6.36. The van der Waals surface area contributed by atoms with E-state index in [0.717, 1.165) is 25.0 Å². The van der Waals surface area contributed by atoms with Crippen molar-refractivity contribution in [2.45, 2.75) is 31.9 Å². The molecule has 1 aliphatic rings. The summed E-state index contributed by atoms with van der Waals surface area (Å²) in [5.74, 6) is -0.610. The van der Waals surface area contributed by atoms with Gasteiger partial charge in [-0.15, -0.1) is 0 Å². The predicted octanol–water partition coefficient (Wildman–Crippen LogP) is 2.48. The molecule has 0 saturated carbocycles. The van der Waals surface area contributed by atoms with Gasteiger partial charge in [0.05, 0.1) is 12.1 Å². The molecule has 6 heteroatoms. The number of benzene rings is 1. The lowest BCUT2D eigenvalue weighted by Gasteiger charge is -2.14. The highest BCUT2D eigenvalue weighted by Gasteiger charge is 2.18. The van der Waals surface area contributed by atoms with Crippen molar-refractivity contribution in [1.82, 2.24) is 15.6 Å². The molecule has 1 aliphatic heterocycles. The molecule has 2 N–H and O–H groups in total. The lowest BCUT2D eigenvalue weighted by atomic mass is 10.1. The van der Waals surface area contributed by atoms with Crippen molar-refractivity contribution in [3.05, 3.63) is 65.5 Å². The van der Waals surface area contributed by atoms with E-state index in [1.165, 1.54) is 0 Å². The number of hydrogen-bond donors (Lipinski definition) is 2. The van der Waals surface area contributed by atoms with Crippen LogP contribution < -0.4 is 10.6 Å². The number of ether oxygens (including phenoxy) is 1. The first-order valence-corrected chi connectivity index (χ1v) is 8.86. The van der Waals surface area contributed by atoms with Crippen LogP contribution in [0.1, 0.15) is 52.3 Å². The average Bonchev–Trinajstić information content (AvgIpc) is 3.20. The first-order chi connectivity index (χ1) is 12.6. The molecular weight excluding hydrogens is 330 g/mol. The van der Waals surface area contributed by atoms with Crippen molar-refractivity contribution in [2.24, 2.45) is 0 Å². The summed E-state index contributed by atoms with van der Waals surface area (Å²) in [6.45, 7) is 3.11. The van der Waals surface area contributed by atoms with E-state index in [1.807, 2.05) is 37.3 Å². The van der Waals surface area contributed by atoms with E-state index in [4.69, 9.17) is 4.74 Å². The predicted molar refractivity (Wildman–Crippen MR) is 97.9 cm³/mol. The number of carbonyl (C=O) groups excluding carboxylic acids is 2. The largest absolute Gasteiger partial charge is 0.376 e. The van der Waals surface area contributed by atoms with Gasteiger partial charge in [-0.05, 0) is 37.5 Å². The molecule has 2 heterocycles. The minimum absolute atomic E-state index is 0.0668. The molecule has 0 aliphatic carbocycles. The molecule has 6 nitrogen and oxygen atoms in total. The maximum atomic E-state index is 12.4. The van der Waals surface area contributed by atoms with Gasteiger partial charge in [0.25, 0.3) is 11.8 Å². The zero-order valence-electron chi connectivity index (χ0n) is 14.8. The lowest BCUT2D eigenvalue weighted by Crippen LogP contribution is -2.33. The fraction of sp³-hybridized carbons (Fsp3) is 0.350. The zero-order chi connectivity index (χ0) is 18.4. The minimum Gasteiger partial charge on any atom is -0.376 e. The van der Waals surface area contributed by atoms with Crippen LogP contribution in [-0.4, -0.2) is 36.1 Å². The number of nitrogens with one attached hydrogen (secondary N) is 2. The summed E-state index contributed by atoms with van der Waals surface area (Å²) in [5.41, 5.74) is 1.45. The second-order valence-electron chi connectivity index (χ2n) is 6.36. The molecule has 2 amide bonds. The van der Waals surface area contributed by atoms with E-state index in [-0.39, 0.29) is 35.3 Å². The Labute approximate surface area is 153 Å². The van der Waals surface area contributed by atoms with Crippen LogP contribution >= 0.6 is 0 Å². The lowest BCUT2D eigenvalue weighted by molar-refractivity contribution is 0.0853. The summed E-state index contributed by atoms with van der Waals surface area (Å²) in [4.78, 5) is 28.9. The van der Waals surface area contributed by atoms with E-state index in [2.05, 4.69) is 15.6 Å². The summed E-state index contributed by atoms with van der Waals surface area (Å²) in [7, 11) is 0. The molecule has 2 unspecified atom stereocenters. The molecule has 2 atom stereocenters. The molecule has 1 aromatic carbocycles. The van der Waals surface area contributed by atoms with Crippen molar-refractivity contribution in [2.75, 3.05) is 13.2 Å². The highest BCUT2D eigenvalue weighted by Crippen LogP contribution is 2.13. The monoisotopic (exact) mass is 353 g/mol. The molecule has 136 valence electrons. The third kappa shape index (κ3) is 4.67. The molecule has 1 aromatic heterocycles. The van der Waals surface area contributed by atoms with Gasteiger partial charge in [-0.3, -0.25) is 9.59 Å². The number of nitrogens with zero attached hydrogens (tertiary/aromatic N) is 1. The molecule has 0 radical (unpaired) electrons. The van der Waals surface area contributed by atoms with Crippen molar-refractivity contribution < 1.29 is 14.3 Å². The topological polar surface area (TPSA) is 80.3 Å². The Bertz CT molecular complexity index is 758. The Hall–Kier alpha value is -2.73. The maximum absolute atomic E-state index is 12.4. The Morgan fingerprint density at radius 1 is 1.12 bits per heavy atom. The van der Waals surface area contributed by atoms with Crippen LogP contribution in [0.15, 0.2) is 48.5 Å². The molecular formula is C20H23N3O3. The number of carbonyl (C=O) groups is 2. The summed E-state index contributed by atoms with van der Waals surface area (Å²) in [6, 6.07) is 14.4. The normalized spacial score (nSPS) is 17.5. The summed E-state index contributed by atoms with van der Waals surface area (Å²) in [6.07, 6.45) is 2.04. The van der Waals surface area contributed by atoms with Crippen molar-refractivity contribution in [3.8, 4) is 0 Å². The Balaban J connectivity index is 1.60. The quantitative estimate of drug-likeness (QED) is 0.836. The van der Waals surface area contributed by atoms with Crippen LogP contribution in [0.25, 0.3) is 0 Å². The van der Waals surface area contributed by atoms with Gasteiger partial charge in [-0.25, -0.2) is 4.98 Å². The SMILES string of the molecule is CC(NC(=O)c1cccc(C(=O)NCC2CCCO2)n1)c1ccccc1. The van der Waals surface area contributed by atoms with Crippen molar-refractivity contribution in [1.29, 1.82) is 0 Å². The number of pyridine rings is 1. The first kappa shape index (κ1) is 18.1. The first-order valence-electron chi connectivity index (χ1n) is 8.86. The molecule has 1 saturated heterocycles. The maximum Gasteiger partial charge on any atom is 0.270 e. The Morgan fingerprint density at radius 2 is 1.85 bits per heavy atom.